The normalized spacial score (nSPS) is 13.1. The van der Waals surface area contributed by atoms with Gasteiger partial charge < -0.3 is 0 Å². The van der Waals surface area contributed by atoms with Crippen molar-refractivity contribution in [2.45, 2.75) is 25.5 Å². The number of rotatable bonds is 4. The third-order valence-electron chi connectivity index (χ3n) is 0.673. The van der Waals surface area contributed by atoms with Crippen molar-refractivity contribution in [3.05, 3.63) is 11.4 Å². The fraction of sp³-hybridized carbons (Fsp3) is 0.833. The Morgan fingerprint density at radius 3 is 2.40 bits per heavy atom. The zero-order valence-corrected chi connectivity index (χ0v) is 7.96. The lowest BCUT2D eigenvalue weighted by Crippen LogP contribution is -2.09. The molecule has 10 heavy (non-hydrogen) atoms. The van der Waals surface area contributed by atoms with E-state index in [0.717, 1.165) is 0 Å². The Morgan fingerprint density at radius 1 is 1.50 bits per heavy atom. The average Bonchev–Trinajstić information content (AvgIpc) is 1.86. The summed E-state index contributed by atoms with van der Waals surface area (Å²) < 4.78 is 5.23. The Labute approximate surface area is 69.9 Å². The highest BCUT2D eigenvalue weighted by molar-refractivity contribution is 8.76. The minimum absolute atomic E-state index is 0.138. The van der Waals surface area contributed by atoms with E-state index < -0.39 is 0 Å². The predicted octanol–water partition coefficient (Wildman–Crippen LogP) is 2.63. The molecular formula is C6H11NOS2. The first-order valence-corrected chi connectivity index (χ1v) is 5.54. The first kappa shape index (κ1) is 10.2. The Bertz CT molecular complexity index is 121. The van der Waals surface area contributed by atoms with Crippen LogP contribution in [-0.2, 0) is 4.74 Å². The van der Waals surface area contributed by atoms with Crippen LogP contribution in [-0.4, -0.2) is 17.9 Å². The lowest BCUT2D eigenvalue weighted by molar-refractivity contribution is 0.0826. The first-order valence-electron chi connectivity index (χ1n) is 2.92. The van der Waals surface area contributed by atoms with Gasteiger partial charge in [0.05, 0.1) is 6.10 Å². The molecule has 58 valence electrons. The van der Waals surface area contributed by atoms with Crippen LogP contribution in [0.4, 0.5) is 0 Å². The van der Waals surface area contributed by atoms with E-state index in [4.69, 9.17) is 11.3 Å². The van der Waals surface area contributed by atoms with Crippen molar-refractivity contribution in [1.29, 1.82) is 0 Å². The molecule has 0 aromatic carbocycles. The number of nitrogens with zero attached hydrogens (tertiary/aromatic N) is 1. The molecule has 0 aliphatic rings. The van der Waals surface area contributed by atoms with Gasteiger partial charge in [-0.1, -0.05) is 10.8 Å². The zero-order chi connectivity index (χ0) is 7.98. The lowest BCUT2D eigenvalue weighted by Gasteiger charge is -2.06. The maximum Gasteiger partial charge on any atom is 0.387 e. The summed E-state index contributed by atoms with van der Waals surface area (Å²) in [5, 5.41) is 0. The van der Waals surface area contributed by atoms with Crippen molar-refractivity contribution in [3.63, 3.8) is 0 Å². The summed E-state index contributed by atoms with van der Waals surface area (Å²) in [6.45, 7) is 10.6. The van der Waals surface area contributed by atoms with E-state index >= 15 is 0 Å². The van der Waals surface area contributed by atoms with Crippen molar-refractivity contribution in [2.24, 2.45) is 0 Å². The van der Waals surface area contributed by atoms with Gasteiger partial charge in [-0.25, -0.2) is 6.57 Å². The van der Waals surface area contributed by atoms with Gasteiger partial charge >= 0.3 is 5.56 Å². The Kier molecular flexibility index (Phi) is 5.99. The molecule has 0 aliphatic carbocycles. The largest absolute Gasteiger partial charge is 0.387 e. The molecule has 0 saturated heterocycles. The van der Waals surface area contributed by atoms with Crippen LogP contribution in [0.1, 0.15) is 13.8 Å². The molecule has 0 rings (SSSR count). The van der Waals surface area contributed by atoms with Crippen LogP contribution < -0.4 is 0 Å². The van der Waals surface area contributed by atoms with Gasteiger partial charge in [0.25, 0.3) is 0 Å². The molecule has 0 fully saturated rings. The van der Waals surface area contributed by atoms with Crippen LogP contribution in [0, 0.1) is 6.57 Å². The molecule has 0 saturated carbocycles. The fourth-order valence-electron chi connectivity index (χ4n) is 0.390. The van der Waals surface area contributed by atoms with E-state index in [1.165, 1.54) is 10.8 Å². The second-order valence-electron chi connectivity index (χ2n) is 1.88. The summed E-state index contributed by atoms with van der Waals surface area (Å²) in [4.78, 5) is 3.29. The van der Waals surface area contributed by atoms with Gasteiger partial charge in [-0.2, -0.15) is 0 Å². The lowest BCUT2D eigenvalue weighted by atomic mass is 10.5. The molecule has 0 radical (unpaired) electrons. The molecule has 0 bridgehead atoms. The number of ether oxygens (including phenoxy) is 1. The van der Waals surface area contributed by atoms with E-state index in [-0.39, 0.29) is 11.7 Å². The van der Waals surface area contributed by atoms with E-state index in [0.29, 0.717) is 0 Å². The van der Waals surface area contributed by atoms with Crippen molar-refractivity contribution in [3.8, 4) is 0 Å². The molecule has 0 heterocycles. The van der Waals surface area contributed by atoms with Crippen LogP contribution in [0.3, 0.4) is 0 Å². The molecule has 0 amide bonds. The van der Waals surface area contributed by atoms with E-state index in [1.807, 2.05) is 20.1 Å². The Morgan fingerprint density at radius 2 is 2.10 bits per heavy atom. The van der Waals surface area contributed by atoms with E-state index in [9.17, 15) is 0 Å². The van der Waals surface area contributed by atoms with E-state index in [1.54, 1.807) is 10.8 Å². The minimum Gasteiger partial charge on any atom is -0.298 e. The zero-order valence-electron chi connectivity index (χ0n) is 6.33. The van der Waals surface area contributed by atoms with Crippen molar-refractivity contribution in [2.75, 3.05) is 6.26 Å². The SMILES string of the molecule is [C-]#[N+]C(OC(C)C)SSC. The standard InChI is InChI=1S/C6H11NOS2/c1-5(2)8-6(7-3)10-9-4/h5-6H,1-2,4H3. The molecule has 4 heteroatoms. The molecule has 0 N–H and O–H groups in total. The first-order chi connectivity index (χ1) is 4.70. The average molecular weight is 177 g/mol. The van der Waals surface area contributed by atoms with Crippen LogP contribution in [0.25, 0.3) is 4.85 Å². The van der Waals surface area contributed by atoms with Gasteiger partial charge in [-0.05, 0) is 20.1 Å². The van der Waals surface area contributed by atoms with Gasteiger partial charge in [0, 0.05) is 10.8 Å². The highest BCUT2D eigenvalue weighted by Gasteiger charge is 2.13. The molecule has 0 aromatic rings. The second-order valence-corrected chi connectivity index (χ2v) is 4.39. The van der Waals surface area contributed by atoms with Gasteiger partial charge in [0.2, 0.25) is 0 Å². The van der Waals surface area contributed by atoms with Crippen LogP contribution in [0.15, 0.2) is 0 Å². The molecule has 0 spiro atoms. The molecule has 0 aliphatic heterocycles. The van der Waals surface area contributed by atoms with Crippen LogP contribution >= 0.6 is 21.6 Å². The van der Waals surface area contributed by atoms with Crippen molar-refractivity contribution < 1.29 is 4.74 Å². The number of hydrogen-bond acceptors (Lipinski definition) is 3. The topological polar surface area (TPSA) is 13.6 Å². The summed E-state index contributed by atoms with van der Waals surface area (Å²) in [7, 11) is 3.00. The molecule has 1 atom stereocenters. The minimum atomic E-state index is -0.338. The summed E-state index contributed by atoms with van der Waals surface area (Å²) >= 11 is 0. The molecule has 1 unspecified atom stereocenters. The summed E-state index contributed by atoms with van der Waals surface area (Å²) in [5.74, 6) is 0. The maximum absolute atomic E-state index is 6.72. The highest BCUT2D eigenvalue weighted by atomic mass is 33.1. The van der Waals surface area contributed by atoms with Gasteiger partial charge in [-0.15, -0.1) is 0 Å². The van der Waals surface area contributed by atoms with Crippen molar-refractivity contribution >= 4 is 21.6 Å². The third-order valence-corrected chi connectivity index (χ3v) is 2.32. The van der Waals surface area contributed by atoms with Gasteiger partial charge in [0.15, 0.2) is 0 Å². The predicted molar refractivity (Wildman–Crippen MR) is 47.7 cm³/mol. The summed E-state index contributed by atoms with van der Waals surface area (Å²) in [6.07, 6.45) is 2.07. The molecular weight excluding hydrogens is 166 g/mol. The van der Waals surface area contributed by atoms with Gasteiger partial charge in [0.1, 0.15) is 0 Å². The Hall–Kier alpha value is 0.150. The summed E-state index contributed by atoms with van der Waals surface area (Å²) in [5.41, 5.74) is -0.338. The quantitative estimate of drug-likeness (QED) is 0.372. The number of hydrogen-bond donors (Lipinski definition) is 0. The smallest absolute Gasteiger partial charge is 0.298 e. The van der Waals surface area contributed by atoms with Crippen LogP contribution in [0.5, 0.6) is 0 Å². The second kappa shape index (κ2) is 5.90. The summed E-state index contributed by atoms with van der Waals surface area (Å²) in [6, 6.07) is 0. The molecule has 2 nitrogen and oxygen atoms in total. The fourth-order valence-corrected chi connectivity index (χ4v) is 1.62. The molecule has 0 aromatic heterocycles. The maximum atomic E-state index is 6.72. The van der Waals surface area contributed by atoms with Crippen LogP contribution in [0.2, 0.25) is 0 Å². The van der Waals surface area contributed by atoms with Gasteiger partial charge in [-0.3, -0.25) is 9.58 Å². The third kappa shape index (κ3) is 4.98. The van der Waals surface area contributed by atoms with Crippen molar-refractivity contribution in [1.82, 2.24) is 0 Å². The monoisotopic (exact) mass is 177 g/mol. The van der Waals surface area contributed by atoms with E-state index in [2.05, 4.69) is 4.85 Å². The Balaban J connectivity index is 3.52. The highest BCUT2D eigenvalue weighted by Crippen LogP contribution is 2.26.